The number of halogens is 1. The minimum absolute atomic E-state index is 0.124. The van der Waals surface area contributed by atoms with Crippen LogP contribution in [-0.2, 0) is 0 Å². The second-order valence-electron chi connectivity index (χ2n) is 8.69. The zero-order chi connectivity index (χ0) is 22.4. The van der Waals surface area contributed by atoms with Gasteiger partial charge in [0.1, 0.15) is 29.1 Å². The van der Waals surface area contributed by atoms with Crippen LogP contribution in [0, 0.1) is 5.92 Å². The maximum Gasteiger partial charge on any atom is 0.274 e. The van der Waals surface area contributed by atoms with Crippen LogP contribution in [0.25, 0.3) is 5.65 Å². The molecule has 2 aliphatic rings. The summed E-state index contributed by atoms with van der Waals surface area (Å²) in [5.74, 6) is 1.27. The molecule has 0 bridgehead atoms. The fourth-order valence-corrected chi connectivity index (χ4v) is 4.27. The Morgan fingerprint density at radius 1 is 1.28 bits per heavy atom. The maximum absolute atomic E-state index is 13.3. The average Bonchev–Trinajstić information content (AvgIpc) is 3.19. The summed E-state index contributed by atoms with van der Waals surface area (Å²) in [6, 6.07) is 5.18. The van der Waals surface area contributed by atoms with Crippen LogP contribution in [0.15, 0.2) is 35.4 Å². The number of fused-ring (bicyclic) bond motifs is 1. The number of rotatable bonds is 6. The normalized spacial score (nSPS) is 24.5. The van der Waals surface area contributed by atoms with Crippen molar-refractivity contribution in [2.75, 3.05) is 17.7 Å². The number of hydrogen-bond donors (Lipinski definition) is 3. The topological polar surface area (TPSA) is 105 Å². The van der Waals surface area contributed by atoms with E-state index in [2.05, 4.69) is 33.0 Å². The van der Waals surface area contributed by atoms with Crippen molar-refractivity contribution in [1.82, 2.24) is 24.5 Å². The Morgan fingerprint density at radius 2 is 2.09 bits per heavy atom. The predicted molar refractivity (Wildman–Crippen MR) is 119 cm³/mol. The number of nitrogens with zero attached hydrogens (tertiary/aromatic N) is 4. The number of aromatic nitrogens is 4. The second kappa shape index (κ2) is 7.92. The summed E-state index contributed by atoms with van der Waals surface area (Å²) in [4.78, 5) is 30.3. The number of alkyl halides is 1. The molecule has 0 unspecified atom stereocenters. The predicted octanol–water partition coefficient (Wildman–Crippen LogP) is 2.88. The first-order chi connectivity index (χ1) is 15.4. The van der Waals surface area contributed by atoms with Gasteiger partial charge in [0.2, 0.25) is 0 Å². The average molecular weight is 439 g/mol. The number of pyridine rings is 1. The van der Waals surface area contributed by atoms with E-state index in [4.69, 9.17) is 0 Å². The highest BCUT2D eigenvalue weighted by Gasteiger charge is 2.31. The lowest BCUT2D eigenvalue weighted by atomic mass is 9.81. The first kappa shape index (κ1) is 20.5. The summed E-state index contributed by atoms with van der Waals surface area (Å²) in [7, 11) is 1.75. The van der Waals surface area contributed by atoms with Gasteiger partial charge in [0, 0.05) is 31.4 Å². The number of carbonyl (C=O) groups excluding carboxylic acids is 1. The second-order valence-corrected chi connectivity index (χ2v) is 8.69. The van der Waals surface area contributed by atoms with Crippen molar-refractivity contribution in [1.29, 1.82) is 0 Å². The smallest absolute Gasteiger partial charge is 0.274 e. The van der Waals surface area contributed by atoms with Gasteiger partial charge in [-0.15, -0.1) is 0 Å². The number of carbonyl (C=O) groups is 1. The highest BCUT2D eigenvalue weighted by molar-refractivity contribution is 6.00. The van der Waals surface area contributed by atoms with Gasteiger partial charge in [-0.2, -0.15) is 9.61 Å². The molecule has 10 heteroatoms. The Balaban J connectivity index is 1.46. The minimum atomic E-state index is -0.847. The zero-order valence-corrected chi connectivity index (χ0v) is 18.0. The number of nitrogens with one attached hydrogen (secondary N) is 3. The van der Waals surface area contributed by atoms with Crippen molar-refractivity contribution < 1.29 is 9.18 Å². The number of hydrogen-bond acceptors (Lipinski definition) is 6. The van der Waals surface area contributed by atoms with Crippen LogP contribution in [-0.4, -0.2) is 44.3 Å². The quantitative estimate of drug-likeness (QED) is 0.546. The third-order valence-corrected chi connectivity index (χ3v) is 6.60. The molecule has 3 aromatic rings. The van der Waals surface area contributed by atoms with Crippen LogP contribution in [0.1, 0.15) is 49.0 Å². The Labute approximate surface area is 184 Å². The highest BCUT2D eigenvalue weighted by atomic mass is 19.1. The van der Waals surface area contributed by atoms with E-state index >= 15 is 0 Å². The molecule has 32 heavy (non-hydrogen) atoms. The van der Waals surface area contributed by atoms with Crippen molar-refractivity contribution in [3.63, 3.8) is 0 Å². The fraction of sp³-hybridized carbons (Fsp3) is 0.455. The lowest BCUT2D eigenvalue weighted by Crippen LogP contribution is -2.45. The molecule has 1 amide bonds. The molecule has 0 radical (unpaired) electrons. The molecule has 2 atom stereocenters. The molecule has 9 nitrogen and oxygen atoms in total. The minimum Gasteiger partial charge on any atom is -0.373 e. The Bertz CT molecular complexity index is 1230. The Hall–Kier alpha value is -3.43. The molecule has 2 fully saturated rings. The van der Waals surface area contributed by atoms with Gasteiger partial charge in [0.25, 0.3) is 11.5 Å². The van der Waals surface area contributed by atoms with Gasteiger partial charge in [-0.1, -0.05) is 6.92 Å². The molecule has 0 aliphatic heterocycles. The first-order valence-electron chi connectivity index (χ1n) is 10.9. The molecule has 2 aliphatic carbocycles. The summed E-state index contributed by atoms with van der Waals surface area (Å²) < 4.78 is 16.4. The van der Waals surface area contributed by atoms with E-state index < -0.39 is 6.17 Å². The third kappa shape index (κ3) is 3.49. The van der Waals surface area contributed by atoms with Crippen molar-refractivity contribution >= 4 is 28.9 Å². The van der Waals surface area contributed by atoms with Crippen molar-refractivity contribution in [2.24, 2.45) is 5.92 Å². The largest absolute Gasteiger partial charge is 0.373 e. The summed E-state index contributed by atoms with van der Waals surface area (Å²) in [6.07, 6.45) is 5.12. The summed E-state index contributed by atoms with van der Waals surface area (Å²) in [5.41, 5.74) is 0.863. The highest BCUT2D eigenvalue weighted by Crippen LogP contribution is 2.33. The molecule has 5 rings (SSSR count). The van der Waals surface area contributed by atoms with E-state index in [-0.39, 0.29) is 23.6 Å². The monoisotopic (exact) mass is 439 g/mol. The van der Waals surface area contributed by atoms with Crippen LogP contribution in [0.4, 0.5) is 21.7 Å². The molecule has 2 saturated carbocycles. The number of anilines is 3. The summed E-state index contributed by atoms with van der Waals surface area (Å²) >= 11 is 0. The fourth-order valence-electron chi connectivity index (χ4n) is 4.27. The van der Waals surface area contributed by atoms with Gasteiger partial charge in [0.05, 0.1) is 6.20 Å². The first-order valence-corrected chi connectivity index (χ1v) is 10.9. The molecule has 3 heterocycles. The van der Waals surface area contributed by atoms with E-state index in [1.165, 1.54) is 6.20 Å². The van der Waals surface area contributed by atoms with E-state index in [1.807, 2.05) is 0 Å². The van der Waals surface area contributed by atoms with Gasteiger partial charge >= 0.3 is 0 Å². The lowest BCUT2D eigenvalue weighted by molar-refractivity contribution is 0.0886. The van der Waals surface area contributed by atoms with E-state index in [0.717, 1.165) is 12.8 Å². The van der Waals surface area contributed by atoms with Crippen LogP contribution in [0.3, 0.4) is 0 Å². The SMILES string of the molecule is CNc1cc(Nc2cccn(C3CC(F)C3)c2=O)nc2c(C(=O)N[C@H]3CC[C@H]3C)cnn12. The molecule has 3 N–H and O–H groups in total. The van der Waals surface area contributed by atoms with Crippen LogP contribution in [0.2, 0.25) is 0 Å². The van der Waals surface area contributed by atoms with Crippen molar-refractivity contribution in [3.05, 3.63) is 46.5 Å². The van der Waals surface area contributed by atoms with E-state index in [9.17, 15) is 14.0 Å². The van der Waals surface area contributed by atoms with E-state index in [1.54, 1.807) is 40.5 Å². The molecular formula is C22H26FN7O2. The Kier molecular flexibility index (Phi) is 5.07. The molecule has 168 valence electrons. The molecule has 0 aromatic carbocycles. The van der Waals surface area contributed by atoms with Crippen LogP contribution >= 0.6 is 0 Å². The zero-order valence-electron chi connectivity index (χ0n) is 18.0. The van der Waals surface area contributed by atoms with Gasteiger partial charge in [0.15, 0.2) is 5.65 Å². The molecular weight excluding hydrogens is 413 g/mol. The standard InChI is InChI=1S/C22H26FN7O2/c1-12-5-6-16(12)27-21(31)15-11-25-30-19(24-2)10-18(28-20(15)30)26-17-4-3-7-29(22(17)32)14-8-13(23)9-14/h3-4,7,10-14,16,24H,5-6,8-9H2,1-2H3,(H,26,28)(H,27,31)/t12-,13?,14?,16+/m1/s1. The lowest BCUT2D eigenvalue weighted by Gasteiger charge is -2.34. The van der Waals surface area contributed by atoms with Gasteiger partial charge in [-0.3, -0.25) is 9.59 Å². The van der Waals surface area contributed by atoms with Crippen LogP contribution < -0.4 is 21.5 Å². The molecule has 0 spiro atoms. The van der Waals surface area contributed by atoms with Gasteiger partial charge < -0.3 is 20.5 Å². The van der Waals surface area contributed by atoms with Gasteiger partial charge in [-0.25, -0.2) is 9.37 Å². The number of amides is 1. The molecule has 0 saturated heterocycles. The van der Waals surface area contributed by atoms with Gasteiger partial charge in [-0.05, 0) is 43.7 Å². The Morgan fingerprint density at radius 3 is 2.75 bits per heavy atom. The maximum atomic E-state index is 13.3. The summed E-state index contributed by atoms with van der Waals surface area (Å²) in [5, 5.41) is 13.5. The van der Waals surface area contributed by atoms with Crippen LogP contribution in [0.5, 0.6) is 0 Å². The van der Waals surface area contributed by atoms with E-state index in [0.29, 0.717) is 47.3 Å². The van der Waals surface area contributed by atoms with Crippen molar-refractivity contribution in [2.45, 2.75) is 50.9 Å². The van der Waals surface area contributed by atoms with Crippen molar-refractivity contribution in [3.8, 4) is 0 Å². The summed E-state index contributed by atoms with van der Waals surface area (Å²) in [6.45, 7) is 2.12. The third-order valence-electron chi connectivity index (χ3n) is 6.60. The molecule has 3 aromatic heterocycles.